The summed E-state index contributed by atoms with van der Waals surface area (Å²) in [4.78, 5) is 0. The average molecular weight is 197 g/mol. The van der Waals surface area contributed by atoms with Crippen LogP contribution in [-0.4, -0.2) is 12.1 Å². The molecule has 1 rings (SSSR count). The van der Waals surface area contributed by atoms with Crippen molar-refractivity contribution in [3.05, 3.63) is 0 Å². The van der Waals surface area contributed by atoms with Gasteiger partial charge in [-0.25, -0.2) is 0 Å². The zero-order valence-corrected chi connectivity index (χ0v) is 10.2. The van der Waals surface area contributed by atoms with E-state index in [0.29, 0.717) is 6.04 Å². The van der Waals surface area contributed by atoms with E-state index in [1.807, 2.05) is 0 Å². The van der Waals surface area contributed by atoms with E-state index in [1.54, 1.807) is 0 Å². The Balaban J connectivity index is 2.19. The van der Waals surface area contributed by atoms with Crippen LogP contribution < -0.4 is 5.32 Å². The van der Waals surface area contributed by atoms with Gasteiger partial charge in [-0.1, -0.05) is 52.9 Å². The maximum atomic E-state index is 3.71. The highest BCUT2D eigenvalue weighted by molar-refractivity contribution is 4.78. The van der Waals surface area contributed by atoms with E-state index >= 15 is 0 Å². The van der Waals surface area contributed by atoms with Crippen molar-refractivity contribution in [3.8, 4) is 0 Å². The normalized spacial score (nSPS) is 19.7. The number of nitrogens with one attached hydrogen (secondary N) is 1. The molecule has 84 valence electrons. The second-order valence-corrected chi connectivity index (χ2v) is 5.19. The van der Waals surface area contributed by atoms with Crippen molar-refractivity contribution in [2.45, 2.75) is 77.8 Å². The van der Waals surface area contributed by atoms with Crippen LogP contribution >= 0.6 is 0 Å². The summed E-state index contributed by atoms with van der Waals surface area (Å²) >= 11 is 0. The van der Waals surface area contributed by atoms with Crippen LogP contribution in [0.3, 0.4) is 0 Å². The van der Waals surface area contributed by atoms with E-state index < -0.39 is 0 Å². The quantitative estimate of drug-likeness (QED) is 0.655. The van der Waals surface area contributed by atoms with Gasteiger partial charge >= 0.3 is 0 Å². The Kier molecular flexibility index (Phi) is 5.54. The van der Waals surface area contributed by atoms with Gasteiger partial charge in [0, 0.05) is 12.1 Å². The number of rotatable bonds is 7. The molecule has 0 heterocycles. The molecule has 1 heteroatoms. The van der Waals surface area contributed by atoms with Crippen molar-refractivity contribution in [2.24, 2.45) is 5.92 Å². The predicted molar refractivity (Wildman–Crippen MR) is 63.5 cm³/mol. The summed E-state index contributed by atoms with van der Waals surface area (Å²) in [6, 6.07) is 1.44. The molecule has 1 unspecified atom stereocenters. The van der Waals surface area contributed by atoms with Gasteiger partial charge in [-0.3, -0.25) is 0 Å². The summed E-state index contributed by atoms with van der Waals surface area (Å²) in [5.74, 6) is 1.04. The van der Waals surface area contributed by atoms with Crippen molar-refractivity contribution in [2.75, 3.05) is 0 Å². The minimum Gasteiger partial charge on any atom is -0.312 e. The Bertz CT molecular complexity index is 138. The molecule has 0 aromatic heterocycles. The van der Waals surface area contributed by atoms with Gasteiger partial charge in [-0.2, -0.15) is 0 Å². The monoisotopic (exact) mass is 197 g/mol. The first-order valence-electron chi connectivity index (χ1n) is 6.48. The summed E-state index contributed by atoms with van der Waals surface area (Å²) in [5, 5.41) is 3.71. The van der Waals surface area contributed by atoms with Crippen molar-refractivity contribution in [3.63, 3.8) is 0 Å². The molecule has 0 radical (unpaired) electrons. The van der Waals surface area contributed by atoms with Gasteiger partial charge in [0.15, 0.2) is 0 Å². The first-order chi connectivity index (χ1) is 6.72. The van der Waals surface area contributed by atoms with Crippen LogP contribution in [0.4, 0.5) is 0 Å². The maximum Gasteiger partial charge on any atom is 0.00720 e. The molecule has 0 aromatic carbocycles. The average Bonchev–Trinajstić information content (AvgIpc) is 2.05. The largest absolute Gasteiger partial charge is 0.312 e. The number of unbranched alkanes of at least 4 members (excludes halogenated alkanes) is 1. The van der Waals surface area contributed by atoms with Gasteiger partial charge in [0.1, 0.15) is 0 Å². The third-order valence-electron chi connectivity index (χ3n) is 3.32. The van der Waals surface area contributed by atoms with E-state index in [4.69, 9.17) is 0 Å². The van der Waals surface area contributed by atoms with Crippen molar-refractivity contribution >= 4 is 0 Å². The molecule has 1 N–H and O–H groups in total. The topological polar surface area (TPSA) is 12.0 Å². The van der Waals surface area contributed by atoms with Crippen LogP contribution in [0.5, 0.6) is 0 Å². The second kappa shape index (κ2) is 6.44. The maximum absolute atomic E-state index is 3.71. The molecule has 0 aromatic rings. The number of hydrogen-bond acceptors (Lipinski definition) is 1. The zero-order valence-electron chi connectivity index (χ0n) is 10.2. The van der Waals surface area contributed by atoms with Gasteiger partial charge in [-0.15, -0.1) is 0 Å². The van der Waals surface area contributed by atoms with Gasteiger partial charge in [-0.05, 0) is 18.8 Å². The molecule has 0 aliphatic heterocycles. The Morgan fingerprint density at radius 2 is 2.00 bits per heavy atom. The van der Waals surface area contributed by atoms with Crippen LogP contribution in [0, 0.1) is 5.92 Å². The lowest BCUT2D eigenvalue weighted by Crippen LogP contribution is -2.37. The van der Waals surface area contributed by atoms with E-state index in [1.165, 1.54) is 44.9 Å². The van der Waals surface area contributed by atoms with Crippen LogP contribution in [0.2, 0.25) is 0 Å². The van der Waals surface area contributed by atoms with E-state index in [2.05, 4.69) is 26.1 Å². The Labute approximate surface area is 89.7 Å². The smallest absolute Gasteiger partial charge is 0.00720 e. The highest BCUT2D eigenvalue weighted by atomic mass is 14.9. The molecule has 1 fully saturated rings. The SMILES string of the molecule is CCCCC(CC1CCC1)NC(C)C. The standard InChI is InChI=1S/C13H27N/c1-4-5-9-13(14-11(2)3)10-12-7-6-8-12/h11-14H,4-10H2,1-3H3. The van der Waals surface area contributed by atoms with Crippen LogP contribution in [0.15, 0.2) is 0 Å². The zero-order chi connectivity index (χ0) is 10.4. The van der Waals surface area contributed by atoms with Gasteiger partial charge in [0.25, 0.3) is 0 Å². The third-order valence-corrected chi connectivity index (χ3v) is 3.32. The second-order valence-electron chi connectivity index (χ2n) is 5.19. The van der Waals surface area contributed by atoms with Crippen LogP contribution in [0.1, 0.15) is 65.7 Å². The van der Waals surface area contributed by atoms with E-state index in [-0.39, 0.29) is 0 Å². The third kappa shape index (κ3) is 4.45. The fourth-order valence-electron chi connectivity index (χ4n) is 2.32. The fraction of sp³-hybridized carbons (Fsp3) is 1.00. The summed E-state index contributed by atoms with van der Waals surface area (Å²) in [5.41, 5.74) is 0. The lowest BCUT2D eigenvalue weighted by Gasteiger charge is -2.31. The number of hydrogen-bond donors (Lipinski definition) is 1. The molecule has 0 saturated heterocycles. The lowest BCUT2D eigenvalue weighted by molar-refractivity contribution is 0.246. The summed E-state index contributed by atoms with van der Waals surface area (Å²) in [6.45, 7) is 6.81. The highest BCUT2D eigenvalue weighted by Crippen LogP contribution is 2.31. The van der Waals surface area contributed by atoms with Crippen molar-refractivity contribution in [1.82, 2.24) is 5.32 Å². The molecular formula is C13H27N. The van der Waals surface area contributed by atoms with Crippen molar-refractivity contribution < 1.29 is 0 Å². The van der Waals surface area contributed by atoms with E-state index in [9.17, 15) is 0 Å². The first kappa shape index (κ1) is 12.0. The molecule has 0 spiro atoms. The van der Waals surface area contributed by atoms with Crippen LogP contribution in [-0.2, 0) is 0 Å². The Hall–Kier alpha value is -0.0400. The van der Waals surface area contributed by atoms with Crippen molar-refractivity contribution in [1.29, 1.82) is 0 Å². The first-order valence-corrected chi connectivity index (χ1v) is 6.48. The Morgan fingerprint density at radius 3 is 2.43 bits per heavy atom. The molecule has 1 aliphatic carbocycles. The minimum atomic E-state index is 0.650. The molecule has 1 nitrogen and oxygen atoms in total. The minimum absolute atomic E-state index is 0.650. The summed E-state index contributed by atoms with van der Waals surface area (Å²) in [6.07, 6.45) is 9.99. The summed E-state index contributed by atoms with van der Waals surface area (Å²) < 4.78 is 0. The molecule has 14 heavy (non-hydrogen) atoms. The molecule has 1 saturated carbocycles. The van der Waals surface area contributed by atoms with Gasteiger partial charge in [0.05, 0.1) is 0 Å². The van der Waals surface area contributed by atoms with Crippen LogP contribution in [0.25, 0.3) is 0 Å². The van der Waals surface area contributed by atoms with Gasteiger partial charge in [0.2, 0.25) is 0 Å². The Morgan fingerprint density at radius 1 is 1.29 bits per heavy atom. The molecule has 1 atom stereocenters. The summed E-state index contributed by atoms with van der Waals surface area (Å²) in [7, 11) is 0. The highest BCUT2D eigenvalue weighted by Gasteiger charge is 2.21. The van der Waals surface area contributed by atoms with Gasteiger partial charge < -0.3 is 5.32 Å². The fourth-order valence-corrected chi connectivity index (χ4v) is 2.32. The predicted octanol–water partition coefficient (Wildman–Crippen LogP) is 3.73. The van der Waals surface area contributed by atoms with E-state index in [0.717, 1.165) is 12.0 Å². The molecular weight excluding hydrogens is 170 g/mol. The molecule has 0 amide bonds. The molecule has 0 bridgehead atoms. The molecule has 1 aliphatic rings. The lowest BCUT2D eigenvalue weighted by atomic mass is 9.80.